The third-order valence-electron chi connectivity index (χ3n) is 6.52. The smallest absolute Gasteiger partial charge is 0.253 e. The van der Waals surface area contributed by atoms with Crippen molar-refractivity contribution in [3.63, 3.8) is 0 Å². The zero-order valence-electron chi connectivity index (χ0n) is 21.5. The minimum absolute atomic E-state index is 0.0573. The highest BCUT2D eigenvalue weighted by molar-refractivity contribution is 7.98. The SMILES string of the molecule is CCN1CCN(C(=O)c2ccc(CSc3nnc(-c4cccc(OC)c4)n3[C@@H](C)COC)cc2)CC1. The van der Waals surface area contributed by atoms with Gasteiger partial charge in [0, 0.05) is 50.2 Å². The Labute approximate surface area is 217 Å². The molecule has 1 amide bonds. The quantitative estimate of drug-likeness (QED) is 0.379. The average Bonchev–Trinajstić information content (AvgIpc) is 3.36. The molecule has 0 radical (unpaired) electrons. The Balaban J connectivity index is 1.46. The number of hydrogen-bond donors (Lipinski definition) is 0. The topological polar surface area (TPSA) is 72.7 Å². The van der Waals surface area contributed by atoms with Gasteiger partial charge in [0.15, 0.2) is 11.0 Å². The molecular formula is C27H35N5O3S. The number of methoxy groups -OCH3 is 2. The first-order chi connectivity index (χ1) is 17.5. The maximum Gasteiger partial charge on any atom is 0.253 e. The molecule has 8 nitrogen and oxygen atoms in total. The number of rotatable bonds is 10. The average molecular weight is 510 g/mol. The second-order valence-corrected chi connectivity index (χ2v) is 9.87. The summed E-state index contributed by atoms with van der Waals surface area (Å²) in [7, 11) is 3.36. The summed E-state index contributed by atoms with van der Waals surface area (Å²) in [5, 5.41) is 9.83. The van der Waals surface area contributed by atoms with Crippen molar-refractivity contribution in [2.45, 2.75) is 30.8 Å². The highest BCUT2D eigenvalue weighted by Gasteiger charge is 2.22. The Bertz CT molecular complexity index is 1140. The van der Waals surface area contributed by atoms with Gasteiger partial charge in [0.05, 0.1) is 19.8 Å². The summed E-state index contributed by atoms with van der Waals surface area (Å²) in [6.07, 6.45) is 0. The molecule has 36 heavy (non-hydrogen) atoms. The molecule has 2 heterocycles. The highest BCUT2D eigenvalue weighted by Crippen LogP contribution is 2.31. The van der Waals surface area contributed by atoms with Gasteiger partial charge in [-0.25, -0.2) is 0 Å². The highest BCUT2D eigenvalue weighted by atomic mass is 32.2. The fourth-order valence-corrected chi connectivity index (χ4v) is 5.38. The number of carbonyl (C=O) groups excluding carboxylic acids is 1. The van der Waals surface area contributed by atoms with Gasteiger partial charge < -0.3 is 19.3 Å². The molecule has 1 atom stereocenters. The van der Waals surface area contributed by atoms with E-state index >= 15 is 0 Å². The predicted molar refractivity (Wildman–Crippen MR) is 143 cm³/mol. The zero-order chi connectivity index (χ0) is 25.5. The number of nitrogens with zero attached hydrogens (tertiary/aromatic N) is 5. The third-order valence-corrected chi connectivity index (χ3v) is 7.53. The van der Waals surface area contributed by atoms with Gasteiger partial charge in [0.2, 0.25) is 0 Å². The number of carbonyl (C=O) groups is 1. The van der Waals surface area contributed by atoms with E-state index in [0.717, 1.165) is 71.9 Å². The van der Waals surface area contributed by atoms with Crippen molar-refractivity contribution < 1.29 is 14.3 Å². The normalized spacial score (nSPS) is 15.2. The van der Waals surface area contributed by atoms with Crippen LogP contribution in [0.2, 0.25) is 0 Å². The molecule has 9 heteroatoms. The monoisotopic (exact) mass is 509 g/mol. The Morgan fingerprint density at radius 3 is 2.47 bits per heavy atom. The lowest BCUT2D eigenvalue weighted by Gasteiger charge is -2.34. The number of ether oxygens (including phenoxy) is 2. The zero-order valence-corrected chi connectivity index (χ0v) is 22.3. The number of benzene rings is 2. The molecule has 1 aromatic heterocycles. The molecule has 0 spiro atoms. The van der Waals surface area contributed by atoms with Gasteiger partial charge in [-0.15, -0.1) is 10.2 Å². The molecule has 192 valence electrons. The van der Waals surface area contributed by atoms with Crippen molar-refractivity contribution in [3.8, 4) is 17.1 Å². The second-order valence-electron chi connectivity index (χ2n) is 8.92. The van der Waals surface area contributed by atoms with Crippen molar-refractivity contribution in [3.05, 3.63) is 59.7 Å². The molecule has 3 aromatic rings. The first kappa shape index (κ1) is 26.2. The number of hydrogen-bond acceptors (Lipinski definition) is 7. The van der Waals surface area contributed by atoms with Crippen LogP contribution in [-0.4, -0.2) is 84.0 Å². The van der Waals surface area contributed by atoms with Crippen LogP contribution in [0.4, 0.5) is 0 Å². The first-order valence-electron chi connectivity index (χ1n) is 12.4. The molecule has 0 unspecified atom stereocenters. The number of piperazine rings is 1. The molecule has 1 saturated heterocycles. The van der Waals surface area contributed by atoms with Gasteiger partial charge in [-0.1, -0.05) is 43.0 Å². The first-order valence-corrected chi connectivity index (χ1v) is 13.3. The molecule has 2 aromatic carbocycles. The van der Waals surface area contributed by atoms with E-state index < -0.39 is 0 Å². The molecule has 0 N–H and O–H groups in total. The molecule has 1 fully saturated rings. The van der Waals surface area contributed by atoms with Crippen LogP contribution >= 0.6 is 11.8 Å². The second kappa shape index (κ2) is 12.4. The molecule has 1 aliphatic heterocycles. The Hall–Kier alpha value is -2.88. The molecule has 0 saturated carbocycles. The third kappa shape index (κ3) is 6.08. The fraction of sp³-hybridized carbons (Fsp3) is 0.444. The van der Waals surface area contributed by atoms with Crippen molar-refractivity contribution in [1.29, 1.82) is 0 Å². The molecular weight excluding hydrogens is 474 g/mol. The van der Waals surface area contributed by atoms with Gasteiger partial charge in [-0.2, -0.15) is 0 Å². The van der Waals surface area contributed by atoms with Gasteiger partial charge in [-0.3, -0.25) is 9.36 Å². The van der Waals surface area contributed by atoms with Crippen molar-refractivity contribution >= 4 is 17.7 Å². The maximum absolute atomic E-state index is 12.9. The summed E-state index contributed by atoms with van der Waals surface area (Å²) in [4.78, 5) is 17.2. The van der Waals surface area contributed by atoms with Gasteiger partial charge in [0.25, 0.3) is 5.91 Å². The summed E-state index contributed by atoms with van der Waals surface area (Å²) in [5.41, 5.74) is 2.81. The number of likely N-dealkylation sites (N-methyl/N-ethyl adjacent to an activating group) is 1. The van der Waals surface area contributed by atoms with Crippen LogP contribution in [0.5, 0.6) is 5.75 Å². The standard InChI is InChI=1S/C27H35N5O3S/c1-5-30-13-15-31(16-14-30)26(33)22-11-9-21(10-12-22)19-36-27-29-28-25(32(27)20(2)18-34-3)23-7-6-8-24(17-23)35-4/h6-12,17,20H,5,13-16,18-19H2,1-4H3/t20-/m0/s1. The molecule has 4 rings (SSSR count). The predicted octanol–water partition coefficient (Wildman–Crippen LogP) is 4.23. The maximum atomic E-state index is 12.9. The molecule has 0 aliphatic carbocycles. The number of thioether (sulfide) groups is 1. The summed E-state index contributed by atoms with van der Waals surface area (Å²) in [6, 6.07) is 15.8. The van der Waals surface area contributed by atoms with Crippen molar-refractivity contribution in [2.24, 2.45) is 0 Å². The number of aromatic nitrogens is 3. The summed E-state index contributed by atoms with van der Waals surface area (Å²) < 4.78 is 12.9. The van der Waals surface area contributed by atoms with Gasteiger partial charge >= 0.3 is 0 Å². The van der Waals surface area contributed by atoms with Gasteiger partial charge in [0.1, 0.15) is 5.75 Å². The minimum atomic E-state index is 0.0573. The van der Waals surface area contributed by atoms with Crippen LogP contribution in [0.1, 0.15) is 35.8 Å². The van der Waals surface area contributed by atoms with E-state index in [1.54, 1.807) is 26.0 Å². The van der Waals surface area contributed by atoms with E-state index in [4.69, 9.17) is 9.47 Å². The van der Waals surface area contributed by atoms with Crippen molar-refractivity contribution in [2.75, 3.05) is 53.6 Å². The van der Waals surface area contributed by atoms with E-state index in [1.165, 1.54) is 0 Å². The summed E-state index contributed by atoms with van der Waals surface area (Å²) >= 11 is 1.63. The largest absolute Gasteiger partial charge is 0.497 e. The Morgan fingerprint density at radius 2 is 1.81 bits per heavy atom. The summed E-state index contributed by atoms with van der Waals surface area (Å²) in [6.45, 7) is 9.30. The summed E-state index contributed by atoms with van der Waals surface area (Å²) in [5.74, 6) is 2.39. The number of amides is 1. The van der Waals surface area contributed by atoms with Crippen LogP contribution in [0.15, 0.2) is 53.7 Å². The van der Waals surface area contributed by atoms with Gasteiger partial charge in [-0.05, 0) is 43.3 Å². The van der Waals surface area contributed by atoms with Crippen LogP contribution in [-0.2, 0) is 10.5 Å². The Morgan fingerprint density at radius 1 is 1.06 bits per heavy atom. The van der Waals surface area contributed by atoms with Crippen LogP contribution in [0.25, 0.3) is 11.4 Å². The Kier molecular flexibility index (Phi) is 9.01. The van der Waals surface area contributed by atoms with Crippen molar-refractivity contribution in [1.82, 2.24) is 24.6 Å². The lowest BCUT2D eigenvalue weighted by atomic mass is 10.1. The van der Waals surface area contributed by atoms with E-state index in [1.807, 2.05) is 53.4 Å². The van der Waals surface area contributed by atoms with E-state index in [2.05, 4.69) is 33.5 Å². The lowest BCUT2D eigenvalue weighted by molar-refractivity contribution is 0.0643. The van der Waals surface area contributed by atoms with Crippen LogP contribution in [0.3, 0.4) is 0 Å². The van der Waals surface area contributed by atoms with E-state index in [9.17, 15) is 4.79 Å². The van der Waals surface area contributed by atoms with E-state index in [-0.39, 0.29) is 11.9 Å². The van der Waals surface area contributed by atoms with Crippen LogP contribution in [0, 0.1) is 0 Å². The fourth-order valence-electron chi connectivity index (χ4n) is 4.39. The van der Waals surface area contributed by atoms with Crippen LogP contribution < -0.4 is 4.74 Å². The van der Waals surface area contributed by atoms with E-state index in [0.29, 0.717) is 6.61 Å². The molecule has 1 aliphatic rings. The minimum Gasteiger partial charge on any atom is -0.497 e. The lowest BCUT2D eigenvalue weighted by Crippen LogP contribution is -2.48. The molecule has 0 bridgehead atoms.